The van der Waals surface area contributed by atoms with Crippen molar-refractivity contribution in [3.63, 3.8) is 0 Å². The summed E-state index contributed by atoms with van der Waals surface area (Å²) < 4.78 is 0. The van der Waals surface area contributed by atoms with Gasteiger partial charge in [-0.15, -0.1) is 11.6 Å². The lowest BCUT2D eigenvalue weighted by atomic mass is 10.1. The Morgan fingerprint density at radius 1 is 1.32 bits per heavy atom. The number of halogens is 1. The number of carbonyl (C=O) groups is 4. The van der Waals surface area contributed by atoms with Crippen LogP contribution in [0.5, 0.6) is 0 Å². The van der Waals surface area contributed by atoms with E-state index in [0.717, 1.165) is 0 Å². The molecule has 1 rings (SSSR count). The summed E-state index contributed by atoms with van der Waals surface area (Å²) in [6, 6.07) is 0. The first-order valence-electron chi connectivity index (χ1n) is 5.44. The fourth-order valence-electron chi connectivity index (χ4n) is 0.655. The highest BCUT2D eigenvalue weighted by Gasteiger charge is 2.17. The summed E-state index contributed by atoms with van der Waals surface area (Å²) in [5.41, 5.74) is 0.495. The van der Waals surface area contributed by atoms with E-state index >= 15 is 0 Å². The number of carbonyl (C=O) groups excluding carboxylic acids is 4. The summed E-state index contributed by atoms with van der Waals surface area (Å²) in [7, 11) is 0. The SMILES string of the molecule is C=C1CCC(=O)NC1=O.C=CC(C)=O.CC(=O)CCl. The van der Waals surface area contributed by atoms with E-state index in [1.165, 1.54) is 19.9 Å². The molecule has 0 saturated carbocycles. The number of hydrogen-bond acceptors (Lipinski definition) is 4. The van der Waals surface area contributed by atoms with Gasteiger partial charge >= 0.3 is 0 Å². The van der Waals surface area contributed by atoms with Crippen LogP contribution >= 0.6 is 11.6 Å². The Morgan fingerprint density at radius 2 is 1.74 bits per heavy atom. The van der Waals surface area contributed by atoms with Crippen molar-refractivity contribution in [2.45, 2.75) is 26.7 Å². The van der Waals surface area contributed by atoms with E-state index in [4.69, 9.17) is 11.6 Å². The molecule has 0 radical (unpaired) electrons. The fourth-order valence-corrected chi connectivity index (χ4v) is 0.655. The molecule has 0 unspecified atom stereocenters. The number of amides is 2. The van der Waals surface area contributed by atoms with Gasteiger partial charge in [-0.2, -0.15) is 0 Å². The van der Waals surface area contributed by atoms with Crippen LogP contribution in [0, 0.1) is 0 Å². The van der Waals surface area contributed by atoms with Gasteiger partial charge in [0.1, 0.15) is 5.78 Å². The van der Waals surface area contributed by atoms with Crippen LogP contribution in [0.15, 0.2) is 24.8 Å². The Bertz CT molecular complexity index is 388. The van der Waals surface area contributed by atoms with Crippen LogP contribution in [0.1, 0.15) is 26.7 Å². The molecule has 0 aromatic rings. The molecular weight excluding hydrogens is 270 g/mol. The van der Waals surface area contributed by atoms with Crippen LogP contribution in [-0.2, 0) is 19.2 Å². The summed E-state index contributed by atoms with van der Waals surface area (Å²) >= 11 is 4.99. The van der Waals surface area contributed by atoms with Gasteiger partial charge in [-0.25, -0.2) is 0 Å². The van der Waals surface area contributed by atoms with E-state index in [9.17, 15) is 19.2 Å². The minimum Gasteiger partial charge on any atom is -0.299 e. The van der Waals surface area contributed by atoms with Crippen LogP contribution in [0.25, 0.3) is 0 Å². The van der Waals surface area contributed by atoms with Crippen molar-refractivity contribution in [1.29, 1.82) is 0 Å². The number of imide groups is 1. The van der Waals surface area contributed by atoms with Crippen molar-refractivity contribution < 1.29 is 19.2 Å². The molecule has 0 aliphatic carbocycles. The number of piperidine rings is 1. The van der Waals surface area contributed by atoms with Gasteiger partial charge in [0, 0.05) is 12.0 Å². The van der Waals surface area contributed by atoms with E-state index in [2.05, 4.69) is 18.5 Å². The molecule has 1 aliphatic heterocycles. The second-order valence-electron chi connectivity index (χ2n) is 3.63. The van der Waals surface area contributed by atoms with Crippen molar-refractivity contribution >= 4 is 35.0 Å². The number of Topliss-reactive ketones (excluding diaryl/α,β-unsaturated/α-hetero) is 1. The average Bonchev–Trinajstić information content (AvgIpc) is 2.35. The molecule has 5 nitrogen and oxygen atoms in total. The van der Waals surface area contributed by atoms with Crippen molar-refractivity contribution in [1.82, 2.24) is 5.32 Å². The Morgan fingerprint density at radius 3 is 1.95 bits per heavy atom. The Labute approximate surface area is 117 Å². The number of ketones is 2. The van der Waals surface area contributed by atoms with Crippen molar-refractivity contribution in [3.05, 3.63) is 24.8 Å². The first-order valence-corrected chi connectivity index (χ1v) is 5.98. The summed E-state index contributed by atoms with van der Waals surface area (Å²) in [5.74, 6) is -0.352. The largest absolute Gasteiger partial charge is 0.299 e. The predicted molar refractivity (Wildman–Crippen MR) is 73.8 cm³/mol. The second kappa shape index (κ2) is 11.3. The first kappa shape index (κ1) is 19.6. The first-order chi connectivity index (χ1) is 8.74. The molecule has 106 valence electrons. The third kappa shape index (κ3) is 14.2. The lowest BCUT2D eigenvalue weighted by Gasteiger charge is -2.10. The maximum atomic E-state index is 10.6. The molecule has 0 bridgehead atoms. The minimum atomic E-state index is -0.328. The maximum absolute atomic E-state index is 10.6. The second-order valence-corrected chi connectivity index (χ2v) is 3.90. The van der Waals surface area contributed by atoms with Crippen LogP contribution in [0.3, 0.4) is 0 Å². The predicted octanol–water partition coefficient (Wildman–Crippen LogP) is 1.55. The highest BCUT2D eigenvalue weighted by Crippen LogP contribution is 2.06. The van der Waals surface area contributed by atoms with Gasteiger partial charge in [0.15, 0.2) is 5.78 Å². The average molecular weight is 288 g/mol. The van der Waals surface area contributed by atoms with Gasteiger partial charge in [-0.05, 0) is 26.3 Å². The number of alkyl halides is 1. The zero-order valence-corrected chi connectivity index (χ0v) is 11.9. The highest BCUT2D eigenvalue weighted by molar-refractivity contribution is 6.27. The summed E-state index contributed by atoms with van der Waals surface area (Å²) in [4.78, 5) is 40.4. The summed E-state index contributed by atoms with van der Waals surface area (Å²) in [6.07, 6.45) is 2.18. The maximum Gasteiger partial charge on any atom is 0.253 e. The molecule has 0 aromatic carbocycles. The van der Waals surface area contributed by atoms with Crippen molar-refractivity contribution in [3.8, 4) is 0 Å². The standard InChI is InChI=1S/C6H7NO2.C4H6O.C3H5ClO/c1-4-2-3-5(8)7-6(4)9;1-3-4(2)5;1-3(5)2-4/h1-3H2,(H,7,8,9);3H,1H2,2H3;2H2,1H3. The monoisotopic (exact) mass is 287 g/mol. The topological polar surface area (TPSA) is 80.3 Å². The lowest BCUT2D eigenvalue weighted by molar-refractivity contribution is -0.130. The van der Waals surface area contributed by atoms with Crippen molar-refractivity contribution in [2.75, 3.05) is 5.88 Å². The van der Waals surface area contributed by atoms with Crippen LogP contribution in [-0.4, -0.2) is 29.3 Å². The summed E-state index contributed by atoms with van der Waals surface area (Å²) in [6.45, 7) is 9.59. The zero-order valence-electron chi connectivity index (χ0n) is 11.1. The number of hydrogen-bond donors (Lipinski definition) is 1. The number of rotatable bonds is 2. The van der Waals surface area contributed by atoms with E-state index in [0.29, 0.717) is 18.4 Å². The molecule has 6 heteroatoms. The van der Waals surface area contributed by atoms with E-state index in [1.54, 1.807) is 0 Å². The third-order valence-electron chi connectivity index (χ3n) is 1.70. The molecule has 1 aliphatic rings. The molecule has 1 fully saturated rings. The van der Waals surface area contributed by atoms with E-state index in [1.807, 2.05) is 0 Å². The van der Waals surface area contributed by atoms with E-state index < -0.39 is 0 Å². The van der Waals surface area contributed by atoms with Gasteiger partial charge in [-0.3, -0.25) is 24.5 Å². The van der Waals surface area contributed by atoms with Crippen LogP contribution in [0.2, 0.25) is 0 Å². The van der Waals surface area contributed by atoms with Gasteiger partial charge in [0.2, 0.25) is 5.91 Å². The lowest BCUT2D eigenvalue weighted by Crippen LogP contribution is -2.35. The smallest absolute Gasteiger partial charge is 0.253 e. The minimum absolute atomic E-state index is 0.0185. The van der Waals surface area contributed by atoms with Crippen molar-refractivity contribution in [2.24, 2.45) is 0 Å². The number of nitrogens with one attached hydrogen (secondary N) is 1. The molecule has 2 amide bonds. The Kier molecular flexibility index (Phi) is 11.7. The number of allylic oxidation sites excluding steroid dienone is 1. The zero-order chi connectivity index (χ0) is 15.4. The molecule has 19 heavy (non-hydrogen) atoms. The molecule has 0 aromatic heterocycles. The molecule has 1 N–H and O–H groups in total. The highest BCUT2D eigenvalue weighted by atomic mass is 35.5. The normalized spacial score (nSPS) is 13.1. The molecule has 0 spiro atoms. The third-order valence-corrected chi connectivity index (χ3v) is 2.08. The van der Waals surface area contributed by atoms with Gasteiger partial charge < -0.3 is 0 Å². The van der Waals surface area contributed by atoms with Crippen LogP contribution < -0.4 is 5.32 Å². The van der Waals surface area contributed by atoms with E-state index in [-0.39, 0.29) is 29.3 Å². The fraction of sp³-hybridized carbons (Fsp3) is 0.385. The summed E-state index contributed by atoms with van der Waals surface area (Å²) in [5, 5.41) is 2.15. The van der Waals surface area contributed by atoms with Gasteiger partial charge in [0.05, 0.1) is 5.88 Å². The molecule has 1 saturated heterocycles. The Hall–Kier alpha value is -1.75. The quantitative estimate of drug-likeness (QED) is 0.475. The van der Waals surface area contributed by atoms with Gasteiger partial charge in [0.25, 0.3) is 5.91 Å². The molecule has 1 heterocycles. The molecule has 0 atom stereocenters. The van der Waals surface area contributed by atoms with Gasteiger partial charge in [-0.1, -0.05) is 13.2 Å². The Balaban J connectivity index is 0. The van der Waals surface area contributed by atoms with Crippen LogP contribution in [0.4, 0.5) is 0 Å². The molecular formula is C13H18ClNO4.